The number of hydrogen-bond donors (Lipinski definition) is 1. The minimum Gasteiger partial charge on any atom is -0.383 e. The van der Waals surface area contributed by atoms with Crippen LogP contribution in [0.3, 0.4) is 0 Å². The van der Waals surface area contributed by atoms with E-state index in [0.29, 0.717) is 0 Å². The minimum atomic E-state index is 0.227. The highest BCUT2D eigenvalue weighted by molar-refractivity contribution is 5.88. The van der Waals surface area contributed by atoms with Crippen LogP contribution in [0.1, 0.15) is 19.9 Å². The average Bonchev–Trinajstić information content (AvgIpc) is 2.87. The van der Waals surface area contributed by atoms with E-state index in [1.165, 1.54) is 0 Å². The zero-order chi connectivity index (χ0) is 14.8. The van der Waals surface area contributed by atoms with Gasteiger partial charge in [-0.25, -0.2) is 4.68 Å². The third-order valence-corrected chi connectivity index (χ3v) is 3.55. The van der Waals surface area contributed by atoms with E-state index in [1.54, 1.807) is 0 Å². The maximum Gasteiger partial charge on any atom is 0.130 e. The number of anilines is 1. The maximum absolute atomic E-state index is 6.37. The summed E-state index contributed by atoms with van der Waals surface area (Å²) in [6.45, 7) is 4.18. The van der Waals surface area contributed by atoms with Crippen molar-refractivity contribution in [2.24, 2.45) is 0 Å². The Labute approximate surface area is 125 Å². The van der Waals surface area contributed by atoms with Gasteiger partial charge in [0, 0.05) is 11.6 Å². The van der Waals surface area contributed by atoms with Crippen molar-refractivity contribution in [3.8, 4) is 22.4 Å². The molecule has 0 atom stereocenters. The van der Waals surface area contributed by atoms with Gasteiger partial charge in [-0.3, -0.25) is 0 Å². The summed E-state index contributed by atoms with van der Waals surface area (Å²) in [5, 5.41) is 4.75. The molecule has 21 heavy (non-hydrogen) atoms. The molecule has 0 saturated heterocycles. The van der Waals surface area contributed by atoms with Gasteiger partial charge in [-0.2, -0.15) is 5.10 Å². The summed E-state index contributed by atoms with van der Waals surface area (Å²) in [6.07, 6.45) is 0. The Morgan fingerprint density at radius 3 is 1.90 bits per heavy atom. The molecule has 1 heterocycles. The zero-order valence-corrected chi connectivity index (χ0v) is 12.3. The highest BCUT2D eigenvalue weighted by Crippen LogP contribution is 2.37. The molecule has 0 spiro atoms. The molecule has 0 amide bonds. The van der Waals surface area contributed by atoms with Gasteiger partial charge in [0.25, 0.3) is 0 Å². The molecule has 0 fully saturated rings. The van der Waals surface area contributed by atoms with Crippen LogP contribution in [0.2, 0.25) is 0 Å². The lowest BCUT2D eigenvalue weighted by molar-refractivity contribution is 0.542. The second kappa shape index (κ2) is 5.44. The molecule has 0 aliphatic rings. The lowest BCUT2D eigenvalue weighted by Crippen LogP contribution is -2.07. The van der Waals surface area contributed by atoms with E-state index in [0.717, 1.165) is 28.2 Å². The predicted octanol–water partition coefficient (Wildman–Crippen LogP) is 4.38. The summed E-state index contributed by atoms with van der Waals surface area (Å²) in [4.78, 5) is 0. The normalized spacial score (nSPS) is 11.0. The number of hydrogen-bond acceptors (Lipinski definition) is 2. The molecule has 0 unspecified atom stereocenters. The molecule has 2 N–H and O–H groups in total. The van der Waals surface area contributed by atoms with Gasteiger partial charge in [-0.1, -0.05) is 60.7 Å². The van der Waals surface area contributed by atoms with E-state index in [2.05, 4.69) is 38.1 Å². The first-order valence-corrected chi connectivity index (χ1v) is 7.17. The summed E-state index contributed by atoms with van der Waals surface area (Å²) >= 11 is 0. The smallest absolute Gasteiger partial charge is 0.130 e. The lowest BCUT2D eigenvalue weighted by atomic mass is 10.0. The first-order valence-electron chi connectivity index (χ1n) is 7.17. The Morgan fingerprint density at radius 2 is 1.38 bits per heavy atom. The molecule has 1 aromatic heterocycles. The number of nitrogen functional groups attached to an aromatic ring is 1. The van der Waals surface area contributed by atoms with Crippen LogP contribution in [0.15, 0.2) is 60.7 Å². The lowest BCUT2D eigenvalue weighted by Gasteiger charge is -2.08. The van der Waals surface area contributed by atoms with Crippen LogP contribution < -0.4 is 5.73 Å². The van der Waals surface area contributed by atoms with Crippen molar-refractivity contribution < 1.29 is 0 Å². The van der Waals surface area contributed by atoms with Crippen LogP contribution in [0.5, 0.6) is 0 Å². The summed E-state index contributed by atoms with van der Waals surface area (Å²) in [5.41, 5.74) is 10.5. The number of rotatable bonds is 3. The molecule has 2 aromatic carbocycles. The first-order chi connectivity index (χ1) is 10.2. The largest absolute Gasteiger partial charge is 0.383 e. The molecule has 106 valence electrons. The summed E-state index contributed by atoms with van der Waals surface area (Å²) in [6, 6.07) is 20.6. The summed E-state index contributed by atoms with van der Waals surface area (Å²) in [7, 11) is 0. The van der Waals surface area contributed by atoms with Crippen molar-refractivity contribution in [3.63, 3.8) is 0 Å². The minimum absolute atomic E-state index is 0.227. The van der Waals surface area contributed by atoms with Gasteiger partial charge in [-0.15, -0.1) is 0 Å². The van der Waals surface area contributed by atoms with E-state index < -0.39 is 0 Å². The maximum atomic E-state index is 6.37. The van der Waals surface area contributed by atoms with Gasteiger partial charge >= 0.3 is 0 Å². The van der Waals surface area contributed by atoms with E-state index in [1.807, 2.05) is 41.1 Å². The predicted molar refractivity (Wildman–Crippen MR) is 87.9 cm³/mol. The van der Waals surface area contributed by atoms with Gasteiger partial charge in [0.15, 0.2) is 0 Å². The third kappa shape index (κ3) is 2.42. The monoisotopic (exact) mass is 277 g/mol. The van der Waals surface area contributed by atoms with E-state index in [-0.39, 0.29) is 6.04 Å². The topological polar surface area (TPSA) is 43.8 Å². The molecule has 0 bridgehead atoms. The Balaban J connectivity index is 2.26. The first kappa shape index (κ1) is 13.4. The van der Waals surface area contributed by atoms with Gasteiger partial charge in [-0.05, 0) is 19.4 Å². The van der Waals surface area contributed by atoms with Gasteiger partial charge in [0.2, 0.25) is 0 Å². The van der Waals surface area contributed by atoms with Crippen molar-refractivity contribution in [1.29, 1.82) is 0 Å². The molecule has 3 nitrogen and oxygen atoms in total. The molecular formula is C18H19N3. The van der Waals surface area contributed by atoms with Crippen molar-refractivity contribution in [3.05, 3.63) is 60.7 Å². The van der Waals surface area contributed by atoms with E-state index in [9.17, 15) is 0 Å². The van der Waals surface area contributed by atoms with Crippen LogP contribution in [0, 0.1) is 0 Å². The van der Waals surface area contributed by atoms with Crippen LogP contribution in [-0.4, -0.2) is 9.78 Å². The van der Waals surface area contributed by atoms with E-state index >= 15 is 0 Å². The Bertz CT molecular complexity index is 728. The molecule has 0 radical (unpaired) electrons. The molecule has 3 heteroatoms. The number of nitrogens with two attached hydrogens (primary N) is 1. The fourth-order valence-corrected chi connectivity index (χ4v) is 2.53. The van der Waals surface area contributed by atoms with Crippen molar-refractivity contribution in [2.45, 2.75) is 19.9 Å². The third-order valence-electron chi connectivity index (χ3n) is 3.55. The molecule has 3 aromatic rings. The number of aromatic nitrogens is 2. The average molecular weight is 277 g/mol. The van der Waals surface area contributed by atoms with Gasteiger partial charge < -0.3 is 5.73 Å². The van der Waals surface area contributed by atoms with Crippen LogP contribution in [0.25, 0.3) is 22.4 Å². The van der Waals surface area contributed by atoms with Crippen molar-refractivity contribution in [2.75, 3.05) is 5.73 Å². The Morgan fingerprint density at radius 1 is 0.857 bits per heavy atom. The molecule has 0 aliphatic heterocycles. The quantitative estimate of drug-likeness (QED) is 0.772. The molecule has 0 saturated carbocycles. The fourth-order valence-electron chi connectivity index (χ4n) is 2.53. The zero-order valence-electron chi connectivity index (χ0n) is 12.3. The highest BCUT2D eigenvalue weighted by atomic mass is 15.3. The van der Waals surface area contributed by atoms with E-state index in [4.69, 9.17) is 10.8 Å². The van der Waals surface area contributed by atoms with Crippen LogP contribution in [0.4, 0.5) is 5.82 Å². The van der Waals surface area contributed by atoms with Crippen molar-refractivity contribution >= 4 is 5.82 Å². The molecular weight excluding hydrogens is 258 g/mol. The highest BCUT2D eigenvalue weighted by Gasteiger charge is 2.19. The Kier molecular flexibility index (Phi) is 3.48. The van der Waals surface area contributed by atoms with Crippen LogP contribution in [-0.2, 0) is 0 Å². The summed E-state index contributed by atoms with van der Waals surface area (Å²) < 4.78 is 1.89. The number of benzene rings is 2. The van der Waals surface area contributed by atoms with Gasteiger partial charge in [0.1, 0.15) is 11.5 Å². The van der Waals surface area contributed by atoms with Crippen molar-refractivity contribution in [1.82, 2.24) is 9.78 Å². The fraction of sp³-hybridized carbons (Fsp3) is 0.167. The van der Waals surface area contributed by atoms with Crippen LogP contribution >= 0.6 is 0 Å². The number of nitrogens with zero attached hydrogens (tertiary/aromatic N) is 2. The SMILES string of the molecule is CC(C)n1nc(-c2ccccc2)c(-c2ccccc2)c1N. The second-order valence-corrected chi connectivity index (χ2v) is 5.38. The standard InChI is InChI=1S/C18H19N3/c1-13(2)21-18(19)16(14-9-5-3-6-10-14)17(20-21)15-11-7-4-8-12-15/h3-13H,19H2,1-2H3. The second-order valence-electron chi connectivity index (χ2n) is 5.38. The summed E-state index contributed by atoms with van der Waals surface area (Å²) in [5.74, 6) is 0.718. The molecule has 3 rings (SSSR count). The van der Waals surface area contributed by atoms with Gasteiger partial charge in [0.05, 0.1) is 5.56 Å². The Hall–Kier alpha value is -2.55. The molecule has 0 aliphatic carbocycles.